The lowest BCUT2D eigenvalue weighted by molar-refractivity contribution is 0.0148. The zero-order valence-electron chi connectivity index (χ0n) is 11.0. The van der Waals surface area contributed by atoms with Crippen molar-refractivity contribution < 1.29 is 9.84 Å². The van der Waals surface area contributed by atoms with Gasteiger partial charge in [0.15, 0.2) is 0 Å². The molecule has 0 heterocycles. The summed E-state index contributed by atoms with van der Waals surface area (Å²) < 4.78 is 5.48. The van der Waals surface area contributed by atoms with Gasteiger partial charge < -0.3 is 15.2 Å². The van der Waals surface area contributed by atoms with Crippen LogP contribution in [-0.2, 0) is 4.74 Å². The molecule has 0 aromatic carbocycles. The normalized spacial score (nSPS) is 30.0. The van der Waals surface area contributed by atoms with E-state index in [4.69, 9.17) is 4.74 Å². The quantitative estimate of drug-likeness (QED) is 0.733. The summed E-state index contributed by atoms with van der Waals surface area (Å²) in [6, 6.07) is 0.419. The smallest absolute Gasteiger partial charge is 0.0743 e. The van der Waals surface area contributed by atoms with Gasteiger partial charge in [-0.15, -0.1) is 0 Å². The third-order valence-corrected chi connectivity index (χ3v) is 3.54. The van der Waals surface area contributed by atoms with E-state index in [-0.39, 0.29) is 0 Å². The Kier molecular flexibility index (Phi) is 5.73. The molecule has 0 amide bonds. The van der Waals surface area contributed by atoms with E-state index in [2.05, 4.69) is 12.2 Å². The summed E-state index contributed by atoms with van der Waals surface area (Å²) in [5.74, 6) is 0. The minimum absolute atomic E-state index is 0.325. The lowest BCUT2D eigenvalue weighted by Crippen LogP contribution is -2.49. The summed E-state index contributed by atoms with van der Waals surface area (Å²) in [6.45, 7) is 4.69. The average Bonchev–Trinajstić information content (AvgIpc) is 2.27. The second-order valence-electron chi connectivity index (χ2n) is 5.29. The standard InChI is InChI=1S/C13H27NO2/c1-4-9-13(2,15)10-14-11-7-5-6-8-12(11)16-3/h11-12,14-15H,4-10H2,1-3H3. The van der Waals surface area contributed by atoms with Gasteiger partial charge in [0.2, 0.25) is 0 Å². The molecule has 0 spiro atoms. The third-order valence-electron chi connectivity index (χ3n) is 3.54. The van der Waals surface area contributed by atoms with Crippen molar-refractivity contribution in [2.24, 2.45) is 0 Å². The number of rotatable bonds is 6. The number of hydrogen-bond acceptors (Lipinski definition) is 3. The van der Waals surface area contributed by atoms with Crippen LogP contribution < -0.4 is 5.32 Å². The van der Waals surface area contributed by atoms with E-state index in [1.54, 1.807) is 7.11 Å². The Morgan fingerprint density at radius 2 is 2.06 bits per heavy atom. The van der Waals surface area contributed by atoms with Crippen molar-refractivity contribution in [3.8, 4) is 0 Å². The van der Waals surface area contributed by atoms with E-state index in [0.717, 1.165) is 19.3 Å². The first kappa shape index (κ1) is 13.9. The molecule has 2 N–H and O–H groups in total. The molecule has 0 aliphatic heterocycles. The predicted octanol–water partition coefficient (Wildman–Crippen LogP) is 2.08. The Bertz CT molecular complexity index is 194. The first-order valence-electron chi connectivity index (χ1n) is 6.57. The molecule has 3 atom stereocenters. The molecule has 0 radical (unpaired) electrons. The highest BCUT2D eigenvalue weighted by atomic mass is 16.5. The molecule has 0 saturated heterocycles. The predicted molar refractivity (Wildman–Crippen MR) is 66.6 cm³/mol. The van der Waals surface area contributed by atoms with Crippen molar-refractivity contribution in [1.29, 1.82) is 0 Å². The van der Waals surface area contributed by atoms with Crippen molar-refractivity contribution in [1.82, 2.24) is 5.32 Å². The highest BCUT2D eigenvalue weighted by Gasteiger charge is 2.27. The Hall–Kier alpha value is -0.120. The average molecular weight is 229 g/mol. The van der Waals surface area contributed by atoms with Crippen LogP contribution in [-0.4, -0.2) is 36.5 Å². The molecule has 1 saturated carbocycles. The largest absolute Gasteiger partial charge is 0.389 e. The molecule has 1 rings (SSSR count). The van der Waals surface area contributed by atoms with Gasteiger partial charge in [-0.3, -0.25) is 0 Å². The van der Waals surface area contributed by atoms with Gasteiger partial charge >= 0.3 is 0 Å². The molecule has 3 heteroatoms. The minimum atomic E-state index is -0.579. The minimum Gasteiger partial charge on any atom is -0.389 e. The van der Waals surface area contributed by atoms with Crippen LogP contribution in [0.2, 0.25) is 0 Å². The van der Waals surface area contributed by atoms with Gasteiger partial charge in [-0.25, -0.2) is 0 Å². The van der Waals surface area contributed by atoms with Crippen LogP contribution in [0.1, 0.15) is 52.4 Å². The van der Waals surface area contributed by atoms with Gasteiger partial charge in [0, 0.05) is 19.7 Å². The van der Waals surface area contributed by atoms with E-state index in [1.165, 1.54) is 19.3 Å². The topological polar surface area (TPSA) is 41.5 Å². The molecular formula is C13H27NO2. The number of methoxy groups -OCH3 is 1. The lowest BCUT2D eigenvalue weighted by atomic mass is 9.91. The maximum Gasteiger partial charge on any atom is 0.0743 e. The molecule has 3 nitrogen and oxygen atoms in total. The van der Waals surface area contributed by atoms with Gasteiger partial charge in [0.1, 0.15) is 0 Å². The summed E-state index contributed by atoms with van der Waals surface area (Å²) in [7, 11) is 1.79. The zero-order valence-corrected chi connectivity index (χ0v) is 11.0. The lowest BCUT2D eigenvalue weighted by Gasteiger charge is -2.34. The van der Waals surface area contributed by atoms with Gasteiger partial charge in [0.05, 0.1) is 11.7 Å². The van der Waals surface area contributed by atoms with E-state index < -0.39 is 5.60 Å². The Labute approximate surface area is 99.6 Å². The molecule has 0 aromatic rings. The molecule has 16 heavy (non-hydrogen) atoms. The van der Waals surface area contributed by atoms with Crippen molar-refractivity contribution >= 4 is 0 Å². The van der Waals surface area contributed by atoms with Crippen LogP contribution in [0.4, 0.5) is 0 Å². The van der Waals surface area contributed by atoms with Gasteiger partial charge in [0.25, 0.3) is 0 Å². The maximum absolute atomic E-state index is 10.1. The van der Waals surface area contributed by atoms with E-state index in [1.807, 2.05) is 6.92 Å². The summed E-state index contributed by atoms with van der Waals surface area (Å²) in [5.41, 5.74) is -0.579. The highest BCUT2D eigenvalue weighted by Crippen LogP contribution is 2.21. The van der Waals surface area contributed by atoms with Gasteiger partial charge in [-0.1, -0.05) is 26.2 Å². The van der Waals surface area contributed by atoms with E-state index >= 15 is 0 Å². The third kappa shape index (κ3) is 4.40. The summed E-state index contributed by atoms with van der Waals surface area (Å²) >= 11 is 0. The first-order valence-corrected chi connectivity index (χ1v) is 6.57. The Morgan fingerprint density at radius 1 is 1.38 bits per heavy atom. The van der Waals surface area contributed by atoms with Crippen LogP contribution in [0, 0.1) is 0 Å². The number of nitrogens with one attached hydrogen (secondary N) is 1. The van der Waals surface area contributed by atoms with Crippen molar-refractivity contribution in [2.75, 3.05) is 13.7 Å². The van der Waals surface area contributed by atoms with Crippen LogP contribution >= 0.6 is 0 Å². The maximum atomic E-state index is 10.1. The summed E-state index contributed by atoms with van der Waals surface area (Å²) in [4.78, 5) is 0. The van der Waals surface area contributed by atoms with E-state index in [9.17, 15) is 5.11 Å². The number of aliphatic hydroxyl groups is 1. The molecule has 96 valence electrons. The number of ether oxygens (including phenoxy) is 1. The molecular weight excluding hydrogens is 202 g/mol. The summed E-state index contributed by atoms with van der Waals surface area (Å²) in [5, 5.41) is 13.6. The molecule has 1 fully saturated rings. The van der Waals surface area contributed by atoms with E-state index in [0.29, 0.717) is 18.7 Å². The molecule has 3 unspecified atom stereocenters. The molecule has 1 aliphatic rings. The van der Waals surface area contributed by atoms with Gasteiger partial charge in [-0.05, 0) is 26.2 Å². The fourth-order valence-corrected chi connectivity index (χ4v) is 2.59. The number of hydrogen-bond donors (Lipinski definition) is 2. The molecule has 0 bridgehead atoms. The first-order chi connectivity index (χ1) is 7.59. The molecule has 0 aromatic heterocycles. The highest BCUT2D eigenvalue weighted by molar-refractivity contribution is 4.85. The van der Waals surface area contributed by atoms with Gasteiger partial charge in [-0.2, -0.15) is 0 Å². The fourth-order valence-electron chi connectivity index (χ4n) is 2.59. The summed E-state index contributed by atoms with van der Waals surface area (Å²) in [6.07, 6.45) is 7.05. The molecule has 1 aliphatic carbocycles. The van der Waals surface area contributed by atoms with Crippen LogP contribution in [0.25, 0.3) is 0 Å². The second kappa shape index (κ2) is 6.58. The van der Waals surface area contributed by atoms with Crippen molar-refractivity contribution in [2.45, 2.75) is 70.1 Å². The van der Waals surface area contributed by atoms with Crippen molar-refractivity contribution in [3.63, 3.8) is 0 Å². The van der Waals surface area contributed by atoms with Crippen LogP contribution in [0.3, 0.4) is 0 Å². The Balaban J connectivity index is 2.34. The second-order valence-corrected chi connectivity index (χ2v) is 5.29. The fraction of sp³-hybridized carbons (Fsp3) is 1.00. The van der Waals surface area contributed by atoms with Crippen LogP contribution in [0.15, 0.2) is 0 Å². The van der Waals surface area contributed by atoms with Crippen molar-refractivity contribution in [3.05, 3.63) is 0 Å². The zero-order chi connectivity index (χ0) is 12.0. The Morgan fingerprint density at radius 3 is 2.69 bits per heavy atom. The monoisotopic (exact) mass is 229 g/mol. The SMILES string of the molecule is CCCC(C)(O)CNC1CCCCC1OC. The van der Waals surface area contributed by atoms with Crippen LogP contribution in [0.5, 0.6) is 0 Å².